The van der Waals surface area contributed by atoms with Gasteiger partial charge in [-0.05, 0) is 25.0 Å². The minimum absolute atomic E-state index is 0.0116. The van der Waals surface area contributed by atoms with Gasteiger partial charge in [0.25, 0.3) is 5.91 Å². The first-order valence-corrected chi connectivity index (χ1v) is 8.20. The number of ether oxygens (including phenoxy) is 1. The standard InChI is InChI=1S/C17H17ClN2O5/c18-12-3-1-2-11(8-12)13-9-14(25-20-13)15(21)19-10-17(16(22)23)4-6-24-7-5-17/h1-3,8-9H,4-7,10H2,(H,19,21)(H,22,23). The SMILES string of the molecule is O=C(NCC1(C(=O)O)CCOCC1)c1cc(-c2cccc(Cl)c2)no1. The van der Waals surface area contributed by atoms with Crippen molar-refractivity contribution in [3.8, 4) is 11.3 Å². The summed E-state index contributed by atoms with van der Waals surface area (Å²) >= 11 is 5.94. The van der Waals surface area contributed by atoms with Crippen LogP contribution in [0.2, 0.25) is 5.02 Å². The number of benzene rings is 1. The van der Waals surface area contributed by atoms with E-state index in [1.165, 1.54) is 6.07 Å². The van der Waals surface area contributed by atoms with Crippen LogP contribution in [0, 0.1) is 5.41 Å². The number of hydrogen-bond donors (Lipinski definition) is 2. The number of hydrogen-bond acceptors (Lipinski definition) is 5. The van der Waals surface area contributed by atoms with E-state index < -0.39 is 17.3 Å². The van der Waals surface area contributed by atoms with Gasteiger partial charge in [-0.15, -0.1) is 0 Å². The zero-order chi connectivity index (χ0) is 17.9. The van der Waals surface area contributed by atoms with Crippen molar-refractivity contribution in [1.29, 1.82) is 0 Å². The fraction of sp³-hybridized carbons (Fsp3) is 0.353. The van der Waals surface area contributed by atoms with E-state index >= 15 is 0 Å². The molecule has 1 amide bonds. The first-order valence-electron chi connectivity index (χ1n) is 7.82. The average Bonchev–Trinajstić information content (AvgIpc) is 3.10. The third-order valence-electron chi connectivity index (χ3n) is 4.35. The largest absolute Gasteiger partial charge is 0.481 e. The number of aliphatic carboxylic acids is 1. The van der Waals surface area contributed by atoms with Crippen molar-refractivity contribution in [3.05, 3.63) is 41.1 Å². The van der Waals surface area contributed by atoms with Crippen molar-refractivity contribution in [1.82, 2.24) is 10.5 Å². The van der Waals surface area contributed by atoms with Crippen LogP contribution in [0.5, 0.6) is 0 Å². The summed E-state index contributed by atoms with van der Waals surface area (Å²) in [5.41, 5.74) is 0.192. The van der Waals surface area contributed by atoms with Crippen LogP contribution < -0.4 is 5.32 Å². The molecule has 0 unspecified atom stereocenters. The predicted molar refractivity (Wildman–Crippen MR) is 89.4 cm³/mol. The zero-order valence-electron chi connectivity index (χ0n) is 13.3. The number of carboxylic acids is 1. The van der Waals surface area contributed by atoms with E-state index in [9.17, 15) is 14.7 Å². The van der Waals surface area contributed by atoms with Gasteiger partial charge in [0.15, 0.2) is 0 Å². The molecule has 2 N–H and O–H groups in total. The number of halogens is 1. The van der Waals surface area contributed by atoms with Crippen LogP contribution in [-0.4, -0.2) is 41.9 Å². The first kappa shape index (κ1) is 17.4. The second kappa shape index (κ2) is 7.25. The Kier molecular flexibility index (Phi) is 5.06. The molecule has 1 fully saturated rings. The van der Waals surface area contributed by atoms with Crippen molar-refractivity contribution in [2.45, 2.75) is 12.8 Å². The predicted octanol–water partition coefficient (Wildman–Crippen LogP) is 2.61. The molecule has 3 rings (SSSR count). The molecule has 1 aliphatic rings. The summed E-state index contributed by atoms with van der Waals surface area (Å²) in [5, 5.41) is 16.5. The van der Waals surface area contributed by atoms with Crippen LogP contribution >= 0.6 is 11.6 Å². The number of rotatable bonds is 5. The molecule has 0 atom stereocenters. The van der Waals surface area contributed by atoms with Gasteiger partial charge in [-0.3, -0.25) is 9.59 Å². The van der Waals surface area contributed by atoms with E-state index in [4.69, 9.17) is 20.9 Å². The van der Waals surface area contributed by atoms with Crippen LogP contribution in [0.1, 0.15) is 23.4 Å². The third kappa shape index (κ3) is 3.83. The summed E-state index contributed by atoms with van der Waals surface area (Å²) < 4.78 is 10.3. The molecule has 1 aromatic heterocycles. The Morgan fingerprint density at radius 1 is 1.28 bits per heavy atom. The summed E-state index contributed by atoms with van der Waals surface area (Å²) in [6, 6.07) is 8.51. The highest BCUT2D eigenvalue weighted by atomic mass is 35.5. The van der Waals surface area contributed by atoms with Gasteiger partial charge in [0.05, 0.1) is 5.41 Å². The second-order valence-corrected chi connectivity index (χ2v) is 6.40. The number of amides is 1. The van der Waals surface area contributed by atoms with Gasteiger partial charge in [-0.25, -0.2) is 0 Å². The minimum Gasteiger partial charge on any atom is -0.481 e. The molecule has 25 heavy (non-hydrogen) atoms. The lowest BCUT2D eigenvalue weighted by Gasteiger charge is -2.32. The molecule has 2 aromatic rings. The van der Waals surface area contributed by atoms with Crippen LogP contribution in [0.25, 0.3) is 11.3 Å². The number of nitrogens with zero attached hydrogens (tertiary/aromatic N) is 1. The van der Waals surface area contributed by atoms with Gasteiger partial charge >= 0.3 is 5.97 Å². The maximum atomic E-state index is 12.3. The van der Waals surface area contributed by atoms with Crippen molar-refractivity contribution in [2.75, 3.05) is 19.8 Å². The average molecular weight is 365 g/mol. The Morgan fingerprint density at radius 2 is 2.04 bits per heavy atom. The van der Waals surface area contributed by atoms with Crippen LogP contribution in [-0.2, 0) is 9.53 Å². The van der Waals surface area contributed by atoms with Gasteiger partial charge in [0.2, 0.25) is 5.76 Å². The molecule has 1 aliphatic heterocycles. The number of nitrogens with one attached hydrogen (secondary N) is 1. The molecule has 0 aliphatic carbocycles. The number of aromatic nitrogens is 1. The van der Waals surface area contributed by atoms with Gasteiger partial charge in [0, 0.05) is 36.4 Å². The normalized spacial score (nSPS) is 16.4. The van der Waals surface area contributed by atoms with Gasteiger partial charge in [0.1, 0.15) is 5.69 Å². The van der Waals surface area contributed by atoms with E-state index in [-0.39, 0.29) is 12.3 Å². The molecule has 8 heteroatoms. The Balaban J connectivity index is 1.68. The van der Waals surface area contributed by atoms with Crippen molar-refractivity contribution in [2.24, 2.45) is 5.41 Å². The van der Waals surface area contributed by atoms with E-state index in [1.54, 1.807) is 24.3 Å². The number of carbonyl (C=O) groups is 2. The lowest BCUT2D eigenvalue weighted by Crippen LogP contribution is -2.46. The molecule has 1 aromatic carbocycles. The zero-order valence-corrected chi connectivity index (χ0v) is 14.1. The minimum atomic E-state index is -1.01. The maximum absolute atomic E-state index is 12.3. The number of carboxylic acid groups (broad SMARTS) is 1. The molecule has 1 saturated heterocycles. The van der Waals surface area contributed by atoms with Crippen molar-refractivity contribution >= 4 is 23.5 Å². The molecular weight excluding hydrogens is 348 g/mol. The van der Waals surface area contributed by atoms with Crippen LogP contribution in [0.4, 0.5) is 0 Å². The summed E-state index contributed by atoms with van der Waals surface area (Å²) in [4.78, 5) is 23.9. The van der Waals surface area contributed by atoms with E-state index in [1.807, 2.05) is 0 Å². The molecule has 2 heterocycles. The fourth-order valence-corrected chi connectivity index (χ4v) is 2.92. The van der Waals surface area contributed by atoms with Crippen LogP contribution in [0.3, 0.4) is 0 Å². The quantitative estimate of drug-likeness (QED) is 0.845. The lowest BCUT2D eigenvalue weighted by molar-refractivity contribution is -0.154. The Bertz CT molecular complexity index is 783. The summed E-state index contributed by atoms with van der Waals surface area (Å²) in [6.07, 6.45) is 0.708. The summed E-state index contributed by atoms with van der Waals surface area (Å²) in [5.74, 6) is -1.43. The van der Waals surface area contributed by atoms with E-state index in [2.05, 4.69) is 10.5 Å². The summed E-state index contributed by atoms with van der Waals surface area (Å²) in [7, 11) is 0. The Hall–Kier alpha value is -2.38. The van der Waals surface area contributed by atoms with Gasteiger partial charge in [-0.2, -0.15) is 0 Å². The molecule has 0 radical (unpaired) electrons. The van der Waals surface area contributed by atoms with Gasteiger partial charge in [-0.1, -0.05) is 28.9 Å². The lowest BCUT2D eigenvalue weighted by atomic mass is 9.80. The maximum Gasteiger partial charge on any atom is 0.311 e. The smallest absolute Gasteiger partial charge is 0.311 e. The highest BCUT2D eigenvalue weighted by molar-refractivity contribution is 6.30. The topological polar surface area (TPSA) is 102 Å². The second-order valence-electron chi connectivity index (χ2n) is 5.97. The number of carbonyl (C=O) groups excluding carboxylic acids is 1. The van der Waals surface area contributed by atoms with Crippen molar-refractivity contribution in [3.63, 3.8) is 0 Å². The van der Waals surface area contributed by atoms with E-state index in [0.29, 0.717) is 36.8 Å². The monoisotopic (exact) mass is 364 g/mol. The van der Waals surface area contributed by atoms with Crippen molar-refractivity contribution < 1.29 is 24.0 Å². The van der Waals surface area contributed by atoms with E-state index in [0.717, 1.165) is 5.56 Å². The molecule has 0 spiro atoms. The third-order valence-corrected chi connectivity index (χ3v) is 4.58. The molecule has 132 valence electrons. The van der Waals surface area contributed by atoms with Crippen LogP contribution in [0.15, 0.2) is 34.9 Å². The first-order chi connectivity index (χ1) is 12.0. The Morgan fingerprint density at radius 3 is 2.72 bits per heavy atom. The molecule has 0 bridgehead atoms. The summed E-state index contributed by atoms with van der Waals surface area (Å²) in [6.45, 7) is 0.741. The fourth-order valence-electron chi connectivity index (χ4n) is 2.73. The Labute approximate surface area is 148 Å². The highest BCUT2D eigenvalue weighted by Crippen LogP contribution is 2.30. The molecule has 0 saturated carbocycles. The molecular formula is C17H17ClN2O5. The molecule has 7 nitrogen and oxygen atoms in total. The highest BCUT2D eigenvalue weighted by Gasteiger charge is 2.40. The van der Waals surface area contributed by atoms with Gasteiger partial charge < -0.3 is 19.7 Å².